The van der Waals surface area contributed by atoms with Gasteiger partial charge in [-0.25, -0.2) is 0 Å². The van der Waals surface area contributed by atoms with Crippen molar-refractivity contribution >= 4 is 5.91 Å². The third kappa shape index (κ3) is 5.11. The molecule has 1 aromatic carbocycles. The van der Waals surface area contributed by atoms with Gasteiger partial charge in [0.05, 0.1) is 13.2 Å². The highest BCUT2D eigenvalue weighted by atomic mass is 16.5. The van der Waals surface area contributed by atoms with Gasteiger partial charge in [0, 0.05) is 32.6 Å². The molecule has 0 atom stereocenters. The van der Waals surface area contributed by atoms with Gasteiger partial charge in [-0.15, -0.1) is 0 Å². The molecule has 1 aromatic heterocycles. The van der Waals surface area contributed by atoms with Gasteiger partial charge in [0.25, 0.3) is 0 Å². The van der Waals surface area contributed by atoms with Crippen LogP contribution in [0.3, 0.4) is 0 Å². The molecule has 0 bridgehead atoms. The summed E-state index contributed by atoms with van der Waals surface area (Å²) in [5.41, 5.74) is 1.08. The lowest BCUT2D eigenvalue weighted by atomic mass is 10.2. The molecule has 0 N–H and O–H groups in total. The number of aryl methyl sites for hydroxylation is 1. The van der Waals surface area contributed by atoms with E-state index in [0.717, 1.165) is 25.1 Å². The first-order valence-corrected chi connectivity index (χ1v) is 8.68. The number of ether oxygens (including phenoxy) is 1. The van der Waals surface area contributed by atoms with Gasteiger partial charge in [0.15, 0.2) is 5.82 Å². The number of nitrogens with zero attached hydrogens (tertiary/aromatic N) is 4. The third-order valence-electron chi connectivity index (χ3n) is 4.24. The molecule has 7 heteroatoms. The van der Waals surface area contributed by atoms with E-state index in [9.17, 15) is 4.79 Å². The van der Waals surface area contributed by atoms with Crippen LogP contribution < -0.4 is 0 Å². The first-order chi connectivity index (χ1) is 12.2. The van der Waals surface area contributed by atoms with Gasteiger partial charge >= 0.3 is 0 Å². The number of carbonyl (C=O) groups is 1. The molecule has 0 saturated carbocycles. The number of rotatable bonds is 7. The Bertz CT molecular complexity index is 666. The molecular formula is C18H24N4O3. The first-order valence-electron chi connectivity index (χ1n) is 8.68. The zero-order valence-corrected chi connectivity index (χ0v) is 14.6. The van der Waals surface area contributed by atoms with Gasteiger partial charge in [-0.2, -0.15) is 4.98 Å². The number of piperazine rings is 1. The number of aromatic nitrogens is 2. The highest BCUT2D eigenvalue weighted by Crippen LogP contribution is 2.08. The zero-order valence-electron chi connectivity index (χ0n) is 14.6. The molecule has 0 aliphatic carbocycles. The fourth-order valence-corrected chi connectivity index (χ4v) is 2.78. The second-order valence-electron chi connectivity index (χ2n) is 6.09. The Hall–Kier alpha value is -2.25. The van der Waals surface area contributed by atoms with Gasteiger partial charge in [-0.05, 0) is 5.56 Å². The molecular weight excluding hydrogens is 320 g/mol. The topological polar surface area (TPSA) is 71.7 Å². The van der Waals surface area contributed by atoms with Crippen molar-refractivity contribution in [3.8, 4) is 0 Å². The maximum absolute atomic E-state index is 12.2. The van der Waals surface area contributed by atoms with E-state index >= 15 is 0 Å². The Balaban J connectivity index is 1.37. The predicted octanol–water partition coefficient (Wildman–Crippen LogP) is 1.49. The fourth-order valence-electron chi connectivity index (χ4n) is 2.78. The van der Waals surface area contributed by atoms with Gasteiger partial charge in [-0.3, -0.25) is 9.69 Å². The minimum Gasteiger partial charge on any atom is -0.367 e. The molecule has 1 fully saturated rings. The average molecular weight is 344 g/mol. The summed E-state index contributed by atoms with van der Waals surface area (Å²) in [4.78, 5) is 20.7. The van der Waals surface area contributed by atoms with E-state index < -0.39 is 0 Å². The molecule has 1 saturated heterocycles. The lowest BCUT2D eigenvalue weighted by molar-refractivity contribution is -0.138. The highest BCUT2D eigenvalue weighted by Gasteiger charge is 2.22. The molecule has 0 unspecified atom stereocenters. The SMILES string of the molecule is CCc1nc(CN2CCN(C(=O)COCc3ccccc3)CC2)no1. The van der Waals surface area contributed by atoms with Crippen molar-refractivity contribution in [1.82, 2.24) is 19.9 Å². The lowest BCUT2D eigenvalue weighted by Crippen LogP contribution is -2.49. The Morgan fingerprint density at radius 2 is 1.96 bits per heavy atom. The smallest absolute Gasteiger partial charge is 0.248 e. The lowest BCUT2D eigenvalue weighted by Gasteiger charge is -2.34. The molecule has 7 nitrogen and oxygen atoms in total. The summed E-state index contributed by atoms with van der Waals surface area (Å²) in [6.45, 7) is 6.25. The number of amides is 1. The molecule has 0 spiro atoms. The van der Waals surface area contributed by atoms with E-state index in [-0.39, 0.29) is 12.5 Å². The van der Waals surface area contributed by atoms with Crippen molar-refractivity contribution < 1.29 is 14.1 Å². The van der Waals surface area contributed by atoms with Crippen LogP contribution in [0.15, 0.2) is 34.9 Å². The van der Waals surface area contributed by atoms with E-state index in [1.54, 1.807) is 0 Å². The van der Waals surface area contributed by atoms with Crippen molar-refractivity contribution in [2.75, 3.05) is 32.8 Å². The van der Waals surface area contributed by atoms with Crippen molar-refractivity contribution in [3.63, 3.8) is 0 Å². The largest absolute Gasteiger partial charge is 0.367 e. The molecule has 2 aromatic rings. The maximum Gasteiger partial charge on any atom is 0.248 e. The number of carbonyl (C=O) groups excluding carboxylic acids is 1. The van der Waals surface area contributed by atoms with Crippen LogP contribution in [0.2, 0.25) is 0 Å². The van der Waals surface area contributed by atoms with Crippen molar-refractivity contribution in [1.29, 1.82) is 0 Å². The summed E-state index contributed by atoms with van der Waals surface area (Å²) in [7, 11) is 0. The van der Waals surface area contributed by atoms with Crippen molar-refractivity contribution in [2.45, 2.75) is 26.5 Å². The zero-order chi connectivity index (χ0) is 17.5. The van der Waals surface area contributed by atoms with E-state index in [4.69, 9.17) is 9.26 Å². The molecule has 1 aliphatic rings. The van der Waals surface area contributed by atoms with Crippen LogP contribution in [0, 0.1) is 0 Å². The molecule has 2 heterocycles. The summed E-state index contributed by atoms with van der Waals surface area (Å²) in [5.74, 6) is 1.42. The van der Waals surface area contributed by atoms with E-state index in [1.807, 2.05) is 42.2 Å². The number of benzene rings is 1. The predicted molar refractivity (Wildman–Crippen MR) is 91.6 cm³/mol. The van der Waals surface area contributed by atoms with Gasteiger partial charge < -0.3 is 14.2 Å². The second-order valence-corrected chi connectivity index (χ2v) is 6.09. The Morgan fingerprint density at radius 3 is 2.64 bits per heavy atom. The summed E-state index contributed by atoms with van der Waals surface area (Å²) in [5, 5.41) is 3.98. The summed E-state index contributed by atoms with van der Waals surface area (Å²) < 4.78 is 10.7. The number of hydrogen-bond donors (Lipinski definition) is 0. The Labute approximate surface area is 147 Å². The van der Waals surface area contributed by atoms with Gasteiger partial charge in [0.2, 0.25) is 11.8 Å². The van der Waals surface area contributed by atoms with Crippen molar-refractivity contribution in [2.24, 2.45) is 0 Å². The van der Waals surface area contributed by atoms with Crippen LogP contribution in [0.4, 0.5) is 0 Å². The summed E-state index contributed by atoms with van der Waals surface area (Å²) >= 11 is 0. The van der Waals surface area contributed by atoms with Crippen LogP contribution in [0.1, 0.15) is 24.2 Å². The third-order valence-corrected chi connectivity index (χ3v) is 4.24. The maximum atomic E-state index is 12.2. The van der Waals surface area contributed by atoms with Crippen LogP contribution in [0.25, 0.3) is 0 Å². The molecule has 0 radical (unpaired) electrons. The number of hydrogen-bond acceptors (Lipinski definition) is 6. The fraction of sp³-hybridized carbons (Fsp3) is 0.500. The van der Waals surface area contributed by atoms with E-state index in [1.165, 1.54) is 0 Å². The van der Waals surface area contributed by atoms with Gasteiger partial charge in [-0.1, -0.05) is 42.4 Å². The minimum atomic E-state index is 0.0448. The van der Waals surface area contributed by atoms with Gasteiger partial charge in [0.1, 0.15) is 6.61 Å². The Kier molecular flexibility index (Phi) is 6.14. The first kappa shape index (κ1) is 17.6. The van der Waals surface area contributed by atoms with E-state index in [0.29, 0.717) is 38.0 Å². The molecule has 25 heavy (non-hydrogen) atoms. The summed E-state index contributed by atoms with van der Waals surface area (Å²) in [6.07, 6.45) is 0.748. The molecule has 1 aliphatic heterocycles. The molecule has 1 amide bonds. The van der Waals surface area contributed by atoms with Crippen LogP contribution in [0.5, 0.6) is 0 Å². The normalized spacial score (nSPS) is 15.5. The van der Waals surface area contributed by atoms with E-state index in [2.05, 4.69) is 15.0 Å². The van der Waals surface area contributed by atoms with Crippen molar-refractivity contribution in [3.05, 3.63) is 47.6 Å². The standard InChI is InChI=1S/C18H24N4O3/c1-2-17-19-16(20-25-17)12-21-8-10-22(11-9-21)18(23)14-24-13-15-6-4-3-5-7-15/h3-7H,2,8-14H2,1H3. The van der Waals surface area contributed by atoms with Crippen LogP contribution in [-0.4, -0.2) is 58.6 Å². The Morgan fingerprint density at radius 1 is 1.20 bits per heavy atom. The highest BCUT2D eigenvalue weighted by molar-refractivity contribution is 5.77. The van der Waals surface area contributed by atoms with Crippen LogP contribution in [-0.2, 0) is 29.1 Å². The van der Waals surface area contributed by atoms with Crippen LogP contribution >= 0.6 is 0 Å². The second kappa shape index (κ2) is 8.73. The average Bonchev–Trinajstić information content (AvgIpc) is 3.11. The molecule has 3 rings (SSSR count). The molecule has 134 valence electrons. The minimum absolute atomic E-state index is 0.0448. The summed E-state index contributed by atoms with van der Waals surface area (Å²) in [6, 6.07) is 9.88. The monoisotopic (exact) mass is 344 g/mol. The quantitative estimate of drug-likeness (QED) is 0.758.